The van der Waals surface area contributed by atoms with E-state index >= 15 is 0 Å². The van der Waals surface area contributed by atoms with Crippen LogP contribution in [0.1, 0.15) is 19.0 Å². The number of ether oxygens (including phenoxy) is 1. The van der Waals surface area contributed by atoms with Crippen molar-refractivity contribution < 1.29 is 9.53 Å². The van der Waals surface area contributed by atoms with Crippen LogP contribution < -0.4 is 0 Å². The molecule has 0 saturated heterocycles. The van der Waals surface area contributed by atoms with Crippen LogP contribution in [0.4, 0.5) is 0 Å². The summed E-state index contributed by atoms with van der Waals surface area (Å²) >= 11 is 0. The maximum atomic E-state index is 12.0. The van der Waals surface area contributed by atoms with E-state index < -0.39 is 11.4 Å². The van der Waals surface area contributed by atoms with Crippen LogP contribution in [0.3, 0.4) is 0 Å². The summed E-state index contributed by atoms with van der Waals surface area (Å²) in [5.74, 6) is -0.582. The number of nitriles is 1. The number of pyridine rings is 1. The molecule has 0 amide bonds. The van der Waals surface area contributed by atoms with Crippen LogP contribution in [0.2, 0.25) is 0 Å². The van der Waals surface area contributed by atoms with E-state index in [1.807, 2.05) is 6.07 Å². The summed E-state index contributed by atoms with van der Waals surface area (Å²) in [5.41, 5.74) is -1.00. The molecule has 17 heavy (non-hydrogen) atoms. The van der Waals surface area contributed by atoms with Crippen molar-refractivity contribution in [3.05, 3.63) is 42.7 Å². The molecule has 1 aromatic rings. The van der Waals surface area contributed by atoms with Gasteiger partial charge in [0, 0.05) is 12.6 Å². The minimum Gasteiger partial charge on any atom is -0.464 e. The van der Waals surface area contributed by atoms with Gasteiger partial charge in [-0.25, -0.2) is 4.79 Å². The van der Waals surface area contributed by atoms with Gasteiger partial charge in [-0.3, -0.25) is 4.98 Å². The molecule has 1 atom stereocenters. The Morgan fingerprint density at radius 1 is 1.71 bits per heavy atom. The van der Waals surface area contributed by atoms with E-state index in [-0.39, 0.29) is 13.0 Å². The summed E-state index contributed by atoms with van der Waals surface area (Å²) in [6.45, 7) is 5.50. The minimum atomic E-state index is -1.39. The fourth-order valence-electron chi connectivity index (χ4n) is 1.53. The molecule has 88 valence electrons. The van der Waals surface area contributed by atoms with Crippen molar-refractivity contribution in [2.75, 3.05) is 6.61 Å². The topological polar surface area (TPSA) is 63.0 Å². The smallest absolute Gasteiger partial charge is 0.333 e. The second-order valence-electron chi connectivity index (χ2n) is 3.45. The summed E-state index contributed by atoms with van der Waals surface area (Å²) < 4.78 is 4.96. The fourth-order valence-corrected chi connectivity index (χ4v) is 1.53. The number of carbonyl (C=O) groups is 1. The van der Waals surface area contributed by atoms with Gasteiger partial charge in [0.05, 0.1) is 18.4 Å². The SMILES string of the molecule is C=CCC(C#N)(C(=O)OCC)c1ccccn1. The highest BCUT2D eigenvalue weighted by atomic mass is 16.5. The molecule has 4 heteroatoms. The zero-order chi connectivity index (χ0) is 12.7. The highest BCUT2D eigenvalue weighted by Crippen LogP contribution is 2.27. The molecule has 0 aromatic carbocycles. The van der Waals surface area contributed by atoms with Gasteiger partial charge in [-0.15, -0.1) is 6.58 Å². The van der Waals surface area contributed by atoms with E-state index in [2.05, 4.69) is 11.6 Å². The minimum absolute atomic E-state index is 0.180. The monoisotopic (exact) mass is 230 g/mol. The van der Waals surface area contributed by atoms with Gasteiger partial charge < -0.3 is 4.74 Å². The van der Waals surface area contributed by atoms with Crippen LogP contribution in [0.5, 0.6) is 0 Å². The van der Waals surface area contributed by atoms with Crippen molar-refractivity contribution in [2.24, 2.45) is 0 Å². The molecule has 0 saturated carbocycles. The predicted octanol–water partition coefficient (Wildman–Crippen LogP) is 1.98. The Morgan fingerprint density at radius 2 is 2.47 bits per heavy atom. The number of allylic oxidation sites excluding steroid dienone is 1. The third-order valence-electron chi connectivity index (χ3n) is 2.37. The molecule has 0 bridgehead atoms. The number of aromatic nitrogens is 1. The molecule has 4 nitrogen and oxygen atoms in total. The van der Waals surface area contributed by atoms with Gasteiger partial charge in [-0.1, -0.05) is 12.1 Å². The zero-order valence-corrected chi connectivity index (χ0v) is 9.72. The maximum absolute atomic E-state index is 12.0. The first-order chi connectivity index (χ1) is 8.21. The number of hydrogen-bond acceptors (Lipinski definition) is 4. The van der Waals surface area contributed by atoms with Crippen molar-refractivity contribution in [1.29, 1.82) is 5.26 Å². The van der Waals surface area contributed by atoms with Gasteiger partial charge in [0.25, 0.3) is 0 Å². The number of hydrogen-bond donors (Lipinski definition) is 0. The molecule has 0 N–H and O–H groups in total. The number of rotatable bonds is 5. The second kappa shape index (κ2) is 5.80. The van der Waals surface area contributed by atoms with Gasteiger partial charge in [-0.2, -0.15) is 5.26 Å². The lowest BCUT2D eigenvalue weighted by molar-refractivity contribution is -0.147. The largest absolute Gasteiger partial charge is 0.464 e. The van der Waals surface area contributed by atoms with E-state index in [9.17, 15) is 10.1 Å². The molecule has 0 aliphatic rings. The summed E-state index contributed by atoms with van der Waals surface area (Å²) in [6, 6.07) is 7.11. The zero-order valence-electron chi connectivity index (χ0n) is 9.72. The van der Waals surface area contributed by atoms with Gasteiger partial charge in [-0.05, 0) is 19.1 Å². The molecular formula is C13H14N2O2. The Labute approximate surface area is 101 Å². The average molecular weight is 230 g/mol. The standard InChI is InChI=1S/C13H14N2O2/c1-3-8-13(10-14,12(16)17-4-2)11-7-5-6-9-15-11/h3,5-7,9H,1,4,8H2,2H3. The Hall–Kier alpha value is -2.15. The third kappa shape index (κ3) is 2.51. The summed E-state index contributed by atoms with van der Waals surface area (Å²) in [4.78, 5) is 16.0. The van der Waals surface area contributed by atoms with E-state index in [1.165, 1.54) is 6.08 Å². The first-order valence-electron chi connectivity index (χ1n) is 5.32. The lowest BCUT2D eigenvalue weighted by atomic mass is 9.82. The molecule has 0 spiro atoms. The molecule has 1 aromatic heterocycles. The fraction of sp³-hybridized carbons (Fsp3) is 0.308. The molecule has 0 aliphatic carbocycles. The van der Waals surface area contributed by atoms with E-state index in [4.69, 9.17) is 4.74 Å². The van der Waals surface area contributed by atoms with Crippen LogP contribution in [-0.4, -0.2) is 17.6 Å². The summed E-state index contributed by atoms with van der Waals surface area (Å²) in [7, 11) is 0. The molecular weight excluding hydrogens is 216 g/mol. The number of carbonyl (C=O) groups excluding carboxylic acids is 1. The van der Waals surface area contributed by atoms with E-state index in [1.54, 1.807) is 31.3 Å². The average Bonchev–Trinajstić information content (AvgIpc) is 2.37. The van der Waals surface area contributed by atoms with Crippen LogP contribution in [0.25, 0.3) is 0 Å². The molecule has 0 aliphatic heterocycles. The van der Waals surface area contributed by atoms with Crippen LogP contribution in [0.15, 0.2) is 37.1 Å². The molecule has 0 radical (unpaired) electrons. The lowest BCUT2D eigenvalue weighted by Gasteiger charge is -2.22. The van der Waals surface area contributed by atoms with Gasteiger partial charge in [0.1, 0.15) is 0 Å². The van der Waals surface area contributed by atoms with Crippen molar-refractivity contribution in [1.82, 2.24) is 4.98 Å². The summed E-state index contributed by atoms with van der Waals surface area (Å²) in [5, 5.41) is 9.32. The van der Waals surface area contributed by atoms with Crippen LogP contribution in [-0.2, 0) is 14.9 Å². The Balaban J connectivity index is 3.23. The third-order valence-corrected chi connectivity index (χ3v) is 2.37. The Kier molecular flexibility index (Phi) is 4.41. The van der Waals surface area contributed by atoms with Crippen molar-refractivity contribution in [3.8, 4) is 6.07 Å². The predicted molar refractivity (Wildman–Crippen MR) is 63.0 cm³/mol. The van der Waals surface area contributed by atoms with Crippen molar-refractivity contribution >= 4 is 5.97 Å². The van der Waals surface area contributed by atoms with Crippen molar-refractivity contribution in [2.45, 2.75) is 18.8 Å². The van der Waals surface area contributed by atoms with Crippen LogP contribution >= 0.6 is 0 Å². The van der Waals surface area contributed by atoms with Gasteiger partial charge in [0.15, 0.2) is 5.41 Å². The van der Waals surface area contributed by atoms with E-state index in [0.717, 1.165) is 0 Å². The van der Waals surface area contributed by atoms with Crippen LogP contribution in [0, 0.1) is 11.3 Å². The number of nitrogens with zero attached hydrogens (tertiary/aromatic N) is 2. The highest BCUT2D eigenvalue weighted by molar-refractivity contribution is 5.86. The number of esters is 1. The first-order valence-corrected chi connectivity index (χ1v) is 5.32. The summed E-state index contributed by atoms with van der Waals surface area (Å²) in [6.07, 6.45) is 3.25. The molecule has 1 heterocycles. The second-order valence-corrected chi connectivity index (χ2v) is 3.45. The quantitative estimate of drug-likeness (QED) is 0.573. The maximum Gasteiger partial charge on any atom is 0.333 e. The lowest BCUT2D eigenvalue weighted by Crippen LogP contribution is -2.36. The van der Waals surface area contributed by atoms with Crippen molar-refractivity contribution in [3.63, 3.8) is 0 Å². The Bertz CT molecular complexity index is 436. The first kappa shape index (κ1) is 12.9. The van der Waals surface area contributed by atoms with Gasteiger partial charge >= 0.3 is 5.97 Å². The molecule has 1 rings (SSSR count). The van der Waals surface area contributed by atoms with Gasteiger partial charge in [0.2, 0.25) is 0 Å². The molecule has 1 unspecified atom stereocenters. The highest BCUT2D eigenvalue weighted by Gasteiger charge is 2.42. The van der Waals surface area contributed by atoms with E-state index in [0.29, 0.717) is 5.69 Å². The Morgan fingerprint density at radius 3 is 2.94 bits per heavy atom. The normalized spacial score (nSPS) is 13.2. The molecule has 0 fully saturated rings.